The second-order valence-electron chi connectivity index (χ2n) is 9.43. The second kappa shape index (κ2) is 9.90. The van der Waals surface area contributed by atoms with E-state index in [0.717, 1.165) is 105 Å². The average Bonchev–Trinajstić information content (AvgIpc) is 3.14. The van der Waals surface area contributed by atoms with Gasteiger partial charge in [0.1, 0.15) is 0 Å². The highest BCUT2D eigenvalue weighted by Gasteiger charge is 2.30. The number of nitrogens with zero attached hydrogens (tertiary/aromatic N) is 3. The molecule has 0 aliphatic carbocycles. The van der Waals surface area contributed by atoms with Crippen molar-refractivity contribution in [3.05, 3.63) is 71.8 Å². The van der Waals surface area contributed by atoms with Gasteiger partial charge in [0.15, 0.2) is 0 Å². The van der Waals surface area contributed by atoms with Crippen molar-refractivity contribution < 1.29 is 18.0 Å². The Morgan fingerprint density at radius 2 is 1.40 bits per heavy atom. The lowest BCUT2D eigenvalue weighted by atomic mass is 10.1. The van der Waals surface area contributed by atoms with Gasteiger partial charge in [-0.15, -0.1) is 0 Å². The van der Waals surface area contributed by atoms with Crippen LogP contribution in [-0.4, -0.2) is 50.1 Å². The van der Waals surface area contributed by atoms with Crippen LogP contribution in [0.1, 0.15) is 41.6 Å². The minimum absolute atomic E-state index is 0.114. The highest BCUT2D eigenvalue weighted by molar-refractivity contribution is 6.24. The van der Waals surface area contributed by atoms with Gasteiger partial charge in [-0.05, 0) is 61.2 Å². The molecule has 2 heterocycles. The van der Waals surface area contributed by atoms with Gasteiger partial charge >= 0.3 is 6.18 Å². The van der Waals surface area contributed by atoms with Crippen LogP contribution < -0.4 is 9.80 Å². The van der Waals surface area contributed by atoms with E-state index < -0.39 is 11.7 Å². The van der Waals surface area contributed by atoms with Crippen molar-refractivity contribution in [3.63, 3.8) is 0 Å². The maximum absolute atomic E-state index is 12.9. The van der Waals surface area contributed by atoms with Crippen LogP contribution in [0.2, 0.25) is 0 Å². The van der Waals surface area contributed by atoms with Gasteiger partial charge in [-0.1, -0.05) is 37.1 Å². The molecule has 0 bridgehead atoms. The molecule has 0 spiro atoms. The molecular weight excluding hydrogens is 451 g/mol. The van der Waals surface area contributed by atoms with Crippen molar-refractivity contribution in [2.75, 3.05) is 49.1 Å². The largest absolute Gasteiger partial charge is 0.416 e. The Hall–Kier alpha value is -3.06. The summed E-state index contributed by atoms with van der Waals surface area (Å²) >= 11 is 0. The van der Waals surface area contributed by atoms with Gasteiger partial charge in [0.05, 0.1) is 11.3 Å². The van der Waals surface area contributed by atoms with Gasteiger partial charge < -0.3 is 9.80 Å². The molecule has 184 valence electrons. The number of piperazine rings is 1. The molecule has 0 radical (unpaired) electrons. The number of carbonyl (C=O) groups is 1. The molecule has 0 N–H and O–H groups in total. The van der Waals surface area contributed by atoms with Crippen LogP contribution in [0.15, 0.2) is 60.7 Å². The lowest BCUT2D eigenvalue weighted by molar-refractivity contribution is -0.137. The highest BCUT2D eigenvalue weighted by atomic mass is 19.4. The van der Waals surface area contributed by atoms with E-state index in [4.69, 9.17) is 0 Å². The number of rotatable bonds is 8. The summed E-state index contributed by atoms with van der Waals surface area (Å²) in [6, 6.07) is 17.5. The number of halogens is 3. The quantitative estimate of drug-likeness (QED) is 0.359. The molecular formula is C28H30F3N3O. The molecule has 35 heavy (non-hydrogen) atoms. The van der Waals surface area contributed by atoms with Crippen LogP contribution in [0, 0.1) is 0 Å². The summed E-state index contributed by atoms with van der Waals surface area (Å²) in [7, 11) is 0. The predicted octanol–water partition coefficient (Wildman–Crippen LogP) is 6.20. The van der Waals surface area contributed by atoms with Crippen molar-refractivity contribution in [3.8, 4) is 0 Å². The van der Waals surface area contributed by atoms with E-state index >= 15 is 0 Å². The SMILES string of the molecule is O=C1c2cccc3cccc(c23)N1CCCCCCN1CCN(c2ccc(C(F)(F)F)cc2)CC1. The van der Waals surface area contributed by atoms with E-state index in [-0.39, 0.29) is 5.91 Å². The van der Waals surface area contributed by atoms with Gasteiger partial charge in [0.2, 0.25) is 0 Å². The molecule has 7 heteroatoms. The van der Waals surface area contributed by atoms with Crippen molar-refractivity contribution in [1.82, 2.24) is 4.90 Å². The molecule has 0 aromatic heterocycles. The first-order valence-electron chi connectivity index (χ1n) is 12.4. The Morgan fingerprint density at radius 1 is 0.743 bits per heavy atom. The third-order valence-corrected chi connectivity index (χ3v) is 7.19. The first kappa shape index (κ1) is 23.7. The first-order valence-corrected chi connectivity index (χ1v) is 12.4. The molecule has 0 saturated carbocycles. The van der Waals surface area contributed by atoms with Crippen LogP contribution in [-0.2, 0) is 6.18 Å². The number of hydrogen-bond acceptors (Lipinski definition) is 3. The summed E-state index contributed by atoms with van der Waals surface area (Å²) < 4.78 is 38.3. The minimum Gasteiger partial charge on any atom is -0.369 e. The fourth-order valence-electron chi connectivity index (χ4n) is 5.25. The Kier molecular flexibility index (Phi) is 6.69. The summed E-state index contributed by atoms with van der Waals surface area (Å²) in [6.45, 7) is 5.28. The van der Waals surface area contributed by atoms with Gasteiger partial charge in [-0.25, -0.2) is 0 Å². The summed E-state index contributed by atoms with van der Waals surface area (Å²) in [5.74, 6) is 0.114. The monoisotopic (exact) mass is 481 g/mol. The van der Waals surface area contributed by atoms with Crippen LogP contribution in [0.25, 0.3) is 10.8 Å². The molecule has 4 nitrogen and oxygen atoms in total. The number of benzene rings is 3. The average molecular weight is 482 g/mol. The molecule has 0 unspecified atom stereocenters. The second-order valence-corrected chi connectivity index (χ2v) is 9.43. The topological polar surface area (TPSA) is 26.8 Å². The summed E-state index contributed by atoms with van der Waals surface area (Å²) in [6.07, 6.45) is 0.0159. The fraction of sp³-hybridized carbons (Fsp3) is 0.393. The predicted molar refractivity (Wildman–Crippen MR) is 134 cm³/mol. The number of amides is 1. The zero-order valence-electron chi connectivity index (χ0n) is 19.7. The molecule has 2 aliphatic rings. The molecule has 1 fully saturated rings. The minimum atomic E-state index is -4.29. The third-order valence-electron chi connectivity index (χ3n) is 7.19. The third kappa shape index (κ3) is 5.01. The standard InChI is InChI=1S/C28H30F3N3O/c29-28(30,31)22-11-13-23(14-12-22)33-19-17-32(18-20-33)15-3-1-2-4-16-34-25-10-6-8-21-7-5-9-24(26(21)25)27(34)35/h5-14H,1-4,15-20H2. The maximum atomic E-state index is 12.9. The molecule has 3 aromatic carbocycles. The number of anilines is 2. The Morgan fingerprint density at radius 3 is 2.09 bits per heavy atom. The van der Waals surface area contributed by atoms with E-state index in [1.54, 1.807) is 12.1 Å². The van der Waals surface area contributed by atoms with Gasteiger partial charge in [0, 0.05) is 49.4 Å². The van der Waals surface area contributed by atoms with Crippen LogP contribution in [0.4, 0.5) is 24.5 Å². The van der Waals surface area contributed by atoms with Crippen LogP contribution >= 0.6 is 0 Å². The molecule has 3 aromatic rings. The molecule has 5 rings (SSSR count). The van der Waals surface area contributed by atoms with E-state index in [9.17, 15) is 18.0 Å². The fourth-order valence-corrected chi connectivity index (χ4v) is 5.25. The van der Waals surface area contributed by atoms with E-state index in [1.807, 2.05) is 29.2 Å². The van der Waals surface area contributed by atoms with E-state index in [2.05, 4.69) is 21.9 Å². The van der Waals surface area contributed by atoms with Crippen molar-refractivity contribution in [1.29, 1.82) is 0 Å². The van der Waals surface area contributed by atoms with E-state index in [1.165, 1.54) is 0 Å². The Balaban J connectivity index is 1.01. The van der Waals surface area contributed by atoms with Crippen LogP contribution in [0.3, 0.4) is 0 Å². The van der Waals surface area contributed by atoms with Gasteiger partial charge in [-0.2, -0.15) is 13.2 Å². The number of unbranched alkanes of at least 4 members (excludes halogenated alkanes) is 3. The lowest BCUT2D eigenvalue weighted by Crippen LogP contribution is -2.46. The van der Waals surface area contributed by atoms with Gasteiger partial charge in [0.25, 0.3) is 5.91 Å². The summed E-state index contributed by atoms with van der Waals surface area (Å²) in [4.78, 5) is 19.4. The van der Waals surface area contributed by atoms with Crippen molar-refractivity contribution in [2.24, 2.45) is 0 Å². The lowest BCUT2D eigenvalue weighted by Gasteiger charge is -2.36. The summed E-state index contributed by atoms with van der Waals surface area (Å²) in [5.41, 5.74) is 2.10. The zero-order chi connectivity index (χ0) is 24.4. The normalized spacial score (nSPS) is 16.5. The number of hydrogen-bond donors (Lipinski definition) is 0. The Labute approximate surface area is 203 Å². The molecule has 1 amide bonds. The number of alkyl halides is 3. The molecule has 1 saturated heterocycles. The van der Waals surface area contributed by atoms with Crippen molar-refractivity contribution >= 4 is 28.1 Å². The summed E-state index contributed by atoms with van der Waals surface area (Å²) in [5, 5.41) is 2.20. The highest BCUT2D eigenvalue weighted by Crippen LogP contribution is 2.37. The van der Waals surface area contributed by atoms with Gasteiger partial charge in [-0.3, -0.25) is 9.69 Å². The molecule has 2 aliphatic heterocycles. The smallest absolute Gasteiger partial charge is 0.369 e. The number of carbonyl (C=O) groups excluding carboxylic acids is 1. The van der Waals surface area contributed by atoms with Crippen LogP contribution in [0.5, 0.6) is 0 Å². The van der Waals surface area contributed by atoms with E-state index in [0.29, 0.717) is 0 Å². The zero-order valence-corrected chi connectivity index (χ0v) is 19.7. The first-order chi connectivity index (χ1) is 16.9. The molecule has 0 atom stereocenters. The maximum Gasteiger partial charge on any atom is 0.416 e. The Bertz CT molecular complexity index is 1180. The van der Waals surface area contributed by atoms with Crippen molar-refractivity contribution in [2.45, 2.75) is 31.9 Å².